The molecule has 11 rings (SSSR count). The van der Waals surface area contributed by atoms with Crippen LogP contribution in [0.2, 0.25) is 0 Å². The SMILES string of the molecule is Cc1cscc1-c1c2ccccc2c(-c2ccc3[se]c4c(-c5c6ccccc6c(-c6ccccc6)c6ccccc56)cccc4c3c2)c2ccccc12. The summed E-state index contributed by atoms with van der Waals surface area (Å²) < 4.78 is 2.94. The summed E-state index contributed by atoms with van der Waals surface area (Å²) >= 11 is 1.96. The molecule has 2 aromatic heterocycles. The molecule has 0 aliphatic carbocycles. The van der Waals surface area contributed by atoms with Gasteiger partial charge in [0.05, 0.1) is 0 Å². The van der Waals surface area contributed by atoms with Crippen LogP contribution in [0.15, 0.2) is 175 Å². The Balaban J connectivity index is 1.18. The zero-order valence-electron chi connectivity index (χ0n) is 29.1. The molecule has 0 spiro atoms. The number of aryl methyl sites for hydroxylation is 1. The Morgan fingerprint density at radius 2 is 0.830 bits per heavy atom. The Hall–Kier alpha value is -5.76. The molecule has 0 saturated heterocycles. The van der Waals surface area contributed by atoms with E-state index in [-0.39, 0.29) is 14.5 Å². The molecular formula is C51H32SSe. The van der Waals surface area contributed by atoms with Crippen molar-refractivity contribution in [1.29, 1.82) is 0 Å². The van der Waals surface area contributed by atoms with E-state index in [9.17, 15) is 0 Å². The summed E-state index contributed by atoms with van der Waals surface area (Å²) in [6.45, 7) is 2.24. The van der Waals surface area contributed by atoms with Gasteiger partial charge in [0.2, 0.25) is 0 Å². The van der Waals surface area contributed by atoms with Gasteiger partial charge in [-0.1, -0.05) is 0 Å². The third-order valence-corrected chi connectivity index (χ3v) is 14.5. The first kappa shape index (κ1) is 30.8. The third-order valence-electron chi connectivity index (χ3n) is 11.1. The van der Waals surface area contributed by atoms with E-state index < -0.39 is 0 Å². The van der Waals surface area contributed by atoms with Crippen molar-refractivity contribution in [3.63, 3.8) is 0 Å². The molecule has 2 heterocycles. The monoisotopic (exact) mass is 756 g/mol. The van der Waals surface area contributed by atoms with Crippen LogP contribution in [-0.2, 0) is 0 Å². The molecule has 248 valence electrons. The van der Waals surface area contributed by atoms with E-state index in [1.54, 1.807) is 11.3 Å². The average molecular weight is 756 g/mol. The van der Waals surface area contributed by atoms with Crippen molar-refractivity contribution in [2.45, 2.75) is 6.92 Å². The number of hydrogen-bond acceptors (Lipinski definition) is 1. The normalized spacial score (nSPS) is 11.9. The van der Waals surface area contributed by atoms with Crippen LogP contribution >= 0.6 is 11.3 Å². The first-order chi connectivity index (χ1) is 26.2. The minimum absolute atomic E-state index is 0.171. The number of hydrogen-bond donors (Lipinski definition) is 0. The molecule has 0 radical (unpaired) electrons. The maximum absolute atomic E-state index is 2.49. The maximum atomic E-state index is 2.49. The van der Waals surface area contributed by atoms with Crippen molar-refractivity contribution in [3.05, 3.63) is 180 Å². The third kappa shape index (κ3) is 4.67. The molecule has 0 aliphatic rings. The van der Waals surface area contributed by atoms with E-state index in [0.717, 1.165) is 0 Å². The van der Waals surface area contributed by atoms with Crippen molar-refractivity contribution in [1.82, 2.24) is 0 Å². The quantitative estimate of drug-likeness (QED) is 0.124. The van der Waals surface area contributed by atoms with Crippen molar-refractivity contribution in [3.8, 4) is 44.5 Å². The van der Waals surface area contributed by atoms with Crippen LogP contribution in [0.3, 0.4) is 0 Å². The van der Waals surface area contributed by atoms with Gasteiger partial charge >= 0.3 is 320 Å². The molecule has 0 fully saturated rings. The Bertz CT molecular complexity index is 3120. The molecule has 11 aromatic rings. The number of fused-ring (bicyclic) bond motifs is 7. The van der Waals surface area contributed by atoms with E-state index in [1.807, 2.05) is 0 Å². The average Bonchev–Trinajstić information content (AvgIpc) is 3.82. The number of rotatable bonds is 4. The van der Waals surface area contributed by atoms with Gasteiger partial charge in [0.25, 0.3) is 0 Å². The van der Waals surface area contributed by atoms with Gasteiger partial charge in [-0.2, -0.15) is 0 Å². The molecule has 0 atom stereocenters. The van der Waals surface area contributed by atoms with Gasteiger partial charge in [-0.3, -0.25) is 0 Å². The Labute approximate surface area is 318 Å². The van der Waals surface area contributed by atoms with Gasteiger partial charge < -0.3 is 0 Å². The molecule has 2 heteroatoms. The first-order valence-corrected chi connectivity index (χ1v) is 20.8. The fourth-order valence-electron chi connectivity index (χ4n) is 8.83. The fraction of sp³-hybridized carbons (Fsp3) is 0.0196. The van der Waals surface area contributed by atoms with E-state index in [2.05, 4.69) is 181 Å². The van der Waals surface area contributed by atoms with E-state index in [1.165, 1.54) is 112 Å². The van der Waals surface area contributed by atoms with Crippen LogP contribution in [-0.4, -0.2) is 14.5 Å². The molecule has 0 N–H and O–H groups in total. The Morgan fingerprint density at radius 1 is 0.358 bits per heavy atom. The van der Waals surface area contributed by atoms with Crippen molar-refractivity contribution in [2.75, 3.05) is 0 Å². The molecule has 0 nitrogen and oxygen atoms in total. The first-order valence-electron chi connectivity index (χ1n) is 18.2. The van der Waals surface area contributed by atoms with Gasteiger partial charge in [0, 0.05) is 0 Å². The predicted octanol–water partition coefficient (Wildman–Crippen LogP) is 14.7. The molecule has 0 saturated carbocycles. The standard InChI is InChI=1S/C51H32SSe/c1-31-29-52-30-45(31)50-40-22-11-7-18-36(40)48(37-19-8-12-23-41(37)50)33-26-27-46-44(28-33)42-24-13-25-43(51(42)53-46)49-38-20-9-5-16-34(38)47(32-14-3-2-4-15-32)35-17-6-10-21-39(35)49/h2-30H,1H3. The van der Waals surface area contributed by atoms with Crippen molar-refractivity contribution >= 4 is 88.2 Å². The summed E-state index contributed by atoms with van der Waals surface area (Å²) in [5.41, 5.74) is 11.9. The van der Waals surface area contributed by atoms with E-state index in [0.29, 0.717) is 0 Å². The van der Waals surface area contributed by atoms with Crippen molar-refractivity contribution in [2.24, 2.45) is 0 Å². The van der Waals surface area contributed by atoms with Crippen molar-refractivity contribution < 1.29 is 0 Å². The number of thiophene rings is 1. The van der Waals surface area contributed by atoms with Gasteiger partial charge in [-0.05, 0) is 0 Å². The topological polar surface area (TPSA) is 0 Å². The zero-order chi connectivity index (χ0) is 35.0. The molecular weight excluding hydrogens is 724 g/mol. The van der Waals surface area contributed by atoms with Gasteiger partial charge in [0.15, 0.2) is 0 Å². The van der Waals surface area contributed by atoms with Gasteiger partial charge in [-0.25, -0.2) is 0 Å². The Morgan fingerprint density at radius 3 is 1.36 bits per heavy atom. The van der Waals surface area contributed by atoms with Crippen LogP contribution in [0, 0.1) is 6.92 Å². The number of benzene rings is 9. The molecule has 0 bridgehead atoms. The fourth-order valence-corrected chi connectivity index (χ4v) is 12.2. The van der Waals surface area contributed by atoms with Crippen LogP contribution in [0.5, 0.6) is 0 Å². The minimum atomic E-state index is 0.171. The molecule has 53 heavy (non-hydrogen) atoms. The second-order valence-corrected chi connectivity index (χ2v) is 17.0. The predicted molar refractivity (Wildman–Crippen MR) is 233 cm³/mol. The molecule has 0 aliphatic heterocycles. The van der Waals surface area contributed by atoms with Crippen LogP contribution in [0.1, 0.15) is 5.56 Å². The molecule has 0 amide bonds. The van der Waals surface area contributed by atoms with Crippen LogP contribution in [0.4, 0.5) is 0 Å². The summed E-state index contributed by atoms with van der Waals surface area (Å²) in [5, 5.41) is 17.8. The van der Waals surface area contributed by atoms with Crippen LogP contribution in [0.25, 0.3) is 107 Å². The summed E-state index contributed by atoms with van der Waals surface area (Å²) in [4.78, 5) is 0. The van der Waals surface area contributed by atoms with Gasteiger partial charge in [-0.15, -0.1) is 0 Å². The van der Waals surface area contributed by atoms with E-state index in [4.69, 9.17) is 0 Å². The second-order valence-electron chi connectivity index (χ2n) is 14.0. The summed E-state index contributed by atoms with van der Waals surface area (Å²) in [6, 6.07) is 61.3. The molecule has 9 aromatic carbocycles. The summed E-state index contributed by atoms with van der Waals surface area (Å²) in [7, 11) is 0. The Kier molecular flexibility index (Phi) is 7.07. The summed E-state index contributed by atoms with van der Waals surface area (Å²) in [5.74, 6) is 0. The van der Waals surface area contributed by atoms with Gasteiger partial charge in [0.1, 0.15) is 0 Å². The molecule has 0 unspecified atom stereocenters. The van der Waals surface area contributed by atoms with E-state index >= 15 is 0 Å². The second kappa shape index (κ2) is 12.2. The van der Waals surface area contributed by atoms with Crippen LogP contribution < -0.4 is 0 Å². The summed E-state index contributed by atoms with van der Waals surface area (Å²) in [6.07, 6.45) is 0. The zero-order valence-corrected chi connectivity index (χ0v) is 31.6.